The van der Waals surface area contributed by atoms with E-state index in [9.17, 15) is 0 Å². The summed E-state index contributed by atoms with van der Waals surface area (Å²) in [6.07, 6.45) is 7.02. The monoisotopic (exact) mass is 262 g/mol. The molecule has 0 aliphatic heterocycles. The third-order valence-electron chi connectivity index (χ3n) is 2.68. The Balaban J connectivity index is 3.57. The molecule has 0 aromatic rings. The molecule has 0 amide bonds. The number of unbranched alkanes of at least 4 members (excludes halogenated alkanes) is 2. The lowest BCUT2D eigenvalue weighted by Crippen LogP contribution is -2.30. The van der Waals surface area contributed by atoms with Gasteiger partial charge in [0.15, 0.2) is 8.32 Å². The van der Waals surface area contributed by atoms with Gasteiger partial charge in [-0.15, -0.1) is 11.6 Å². The van der Waals surface area contributed by atoms with Crippen molar-refractivity contribution in [3.63, 3.8) is 0 Å². The molecule has 1 nitrogen and oxygen atoms in total. The standard InChI is InChI=1S/C13H27ClOSi/c1-5-6-11-16(3,4)15-10-8-7-9-13(2)12-14/h9H,5-8,10-12H2,1-4H3. The average Bonchev–Trinajstić information content (AvgIpc) is 2.25. The molecule has 0 bridgehead atoms. The fourth-order valence-electron chi connectivity index (χ4n) is 1.51. The second-order valence-electron chi connectivity index (χ2n) is 5.04. The highest BCUT2D eigenvalue weighted by atomic mass is 35.5. The quantitative estimate of drug-likeness (QED) is 0.247. The number of alkyl halides is 1. The van der Waals surface area contributed by atoms with Crippen LogP contribution in [0.1, 0.15) is 39.5 Å². The molecule has 0 saturated heterocycles. The van der Waals surface area contributed by atoms with E-state index in [4.69, 9.17) is 16.0 Å². The third-order valence-corrected chi connectivity index (χ3v) is 5.64. The Labute approximate surface area is 107 Å². The van der Waals surface area contributed by atoms with E-state index in [1.165, 1.54) is 24.5 Å². The topological polar surface area (TPSA) is 9.23 Å². The van der Waals surface area contributed by atoms with Gasteiger partial charge in [0.1, 0.15) is 0 Å². The fourth-order valence-corrected chi connectivity index (χ4v) is 3.66. The predicted molar refractivity (Wildman–Crippen MR) is 76.9 cm³/mol. The lowest BCUT2D eigenvalue weighted by molar-refractivity contribution is 0.300. The summed E-state index contributed by atoms with van der Waals surface area (Å²) in [6.45, 7) is 9.87. The van der Waals surface area contributed by atoms with Gasteiger partial charge in [-0.1, -0.05) is 31.4 Å². The summed E-state index contributed by atoms with van der Waals surface area (Å²) in [5.74, 6) is 0.650. The molecule has 0 aromatic heterocycles. The van der Waals surface area contributed by atoms with Crippen LogP contribution < -0.4 is 0 Å². The van der Waals surface area contributed by atoms with Crippen molar-refractivity contribution in [2.24, 2.45) is 0 Å². The Morgan fingerprint density at radius 2 is 2.00 bits per heavy atom. The van der Waals surface area contributed by atoms with Crippen LogP contribution in [0.2, 0.25) is 19.1 Å². The molecule has 0 aliphatic rings. The van der Waals surface area contributed by atoms with Gasteiger partial charge in [0.2, 0.25) is 0 Å². The van der Waals surface area contributed by atoms with Crippen molar-refractivity contribution < 1.29 is 4.43 Å². The smallest absolute Gasteiger partial charge is 0.186 e. The molecule has 3 heteroatoms. The van der Waals surface area contributed by atoms with E-state index in [1.54, 1.807) is 0 Å². The Morgan fingerprint density at radius 3 is 2.56 bits per heavy atom. The van der Waals surface area contributed by atoms with Crippen LogP contribution in [0.4, 0.5) is 0 Å². The highest BCUT2D eigenvalue weighted by Gasteiger charge is 2.20. The largest absolute Gasteiger partial charge is 0.417 e. The van der Waals surface area contributed by atoms with Crippen molar-refractivity contribution in [2.75, 3.05) is 12.5 Å². The molecule has 0 saturated carbocycles. The summed E-state index contributed by atoms with van der Waals surface area (Å²) in [5.41, 5.74) is 1.27. The van der Waals surface area contributed by atoms with Gasteiger partial charge in [-0.2, -0.15) is 0 Å². The molecule has 96 valence electrons. The fraction of sp³-hybridized carbons (Fsp3) is 0.846. The summed E-state index contributed by atoms with van der Waals surface area (Å²) in [6, 6.07) is 1.29. The van der Waals surface area contributed by atoms with Crippen molar-refractivity contribution in [3.05, 3.63) is 11.6 Å². The van der Waals surface area contributed by atoms with Crippen LogP contribution in [-0.2, 0) is 4.43 Å². The van der Waals surface area contributed by atoms with E-state index in [0.717, 1.165) is 19.4 Å². The van der Waals surface area contributed by atoms with E-state index in [2.05, 4.69) is 33.0 Å². The SMILES string of the molecule is CCCC[Si](C)(C)OCCCC=C(C)CCl. The first-order chi connectivity index (χ1) is 7.52. The summed E-state index contributed by atoms with van der Waals surface area (Å²) in [7, 11) is -1.36. The minimum Gasteiger partial charge on any atom is -0.417 e. The first-order valence-electron chi connectivity index (χ1n) is 6.37. The molecule has 0 aliphatic carbocycles. The molecular formula is C13H27ClOSi. The highest BCUT2D eigenvalue weighted by Crippen LogP contribution is 2.15. The average molecular weight is 263 g/mol. The maximum Gasteiger partial charge on any atom is 0.186 e. The van der Waals surface area contributed by atoms with Gasteiger partial charge in [0.05, 0.1) is 0 Å². The van der Waals surface area contributed by atoms with Gasteiger partial charge in [-0.25, -0.2) is 0 Å². The van der Waals surface area contributed by atoms with E-state index in [0.29, 0.717) is 5.88 Å². The second kappa shape index (κ2) is 9.26. The number of hydrogen-bond donors (Lipinski definition) is 0. The van der Waals surface area contributed by atoms with Crippen molar-refractivity contribution in [1.29, 1.82) is 0 Å². The summed E-state index contributed by atoms with van der Waals surface area (Å²) < 4.78 is 6.02. The molecular weight excluding hydrogens is 236 g/mol. The Morgan fingerprint density at radius 1 is 1.31 bits per heavy atom. The van der Waals surface area contributed by atoms with Crippen LogP contribution in [0.25, 0.3) is 0 Å². The lowest BCUT2D eigenvalue weighted by Gasteiger charge is -2.22. The molecule has 0 rings (SSSR count). The van der Waals surface area contributed by atoms with Gasteiger partial charge in [0.25, 0.3) is 0 Å². The summed E-state index contributed by atoms with van der Waals surface area (Å²) in [4.78, 5) is 0. The third kappa shape index (κ3) is 9.43. The number of rotatable bonds is 9. The molecule has 0 atom stereocenters. The molecule has 0 N–H and O–H groups in total. The van der Waals surface area contributed by atoms with E-state index in [1.807, 2.05) is 0 Å². The maximum absolute atomic E-state index is 6.02. The van der Waals surface area contributed by atoms with Crippen LogP contribution in [0.3, 0.4) is 0 Å². The summed E-state index contributed by atoms with van der Waals surface area (Å²) >= 11 is 5.70. The van der Waals surface area contributed by atoms with Crippen LogP contribution in [-0.4, -0.2) is 20.8 Å². The van der Waals surface area contributed by atoms with E-state index in [-0.39, 0.29) is 0 Å². The van der Waals surface area contributed by atoms with Crippen LogP contribution >= 0.6 is 11.6 Å². The van der Waals surface area contributed by atoms with Gasteiger partial charge in [-0.05, 0) is 38.9 Å². The molecule has 0 fully saturated rings. The van der Waals surface area contributed by atoms with Crippen LogP contribution in [0.15, 0.2) is 11.6 Å². The number of allylic oxidation sites excluding steroid dienone is 2. The highest BCUT2D eigenvalue weighted by molar-refractivity contribution is 6.71. The first-order valence-corrected chi connectivity index (χ1v) is 10.0. The van der Waals surface area contributed by atoms with E-state index >= 15 is 0 Å². The first kappa shape index (κ1) is 16.2. The zero-order valence-electron chi connectivity index (χ0n) is 11.3. The molecule has 0 spiro atoms. The zero-order valence-corrected chi connectivity index (χ0v) is 13.1. The molecule has 0 aromatic carbocycles. The molecule has 16 heavy (non-hydrogen) atoms. The molecule has 0 radical (unpaired) electrons. The van der Waals surface area contributed by atoms with Crippen molar-refractivity contribution >= 4 is 19.9 Å². The zero-order chi connectivity index (χ0) is 12.4. The van der Waals surface area contributed by atoms with Crippen molar-refractivity contribution in [3.8, 4) is 0 Å². The van der Waals surface area contributed by atoms with Crippen LogP contribution in [0, 0.1) is 0 Å². The maximum atomic E-state index is 6.02. The molecule has 0 unspecified atom stereocenters. The molecule has 0 heterocycles. The second-order valence-corrected chi connectivity index (χ2v) is 9.61. The van der Waals surface area contributed by atoms with Crippen LogP contribution in [0.5, 0.6) is 0 Å². The van der Waals surface area contributed by atoms with Crippen molar-refractivity contribution in [2.45, 2.75) is 58.7 Å². The van der Waals surface area contributed by atoms with E-state index < -0.39 is 8.32 Å². The van der Waals surface area contributed by atoms with Gasteiger partial charge in [-0.3, -0.25) is 0 Å². The normalized spacial score (nSPS) is 13.2. The van der Waals surface area contributed by atoms with Crippen molar-refractivity contribution in [1.82, 2.24) is 0 Å². The Hall–Kier alpha value is 0.207. The summed E-state index contributed by atoms with van der Waals surface area (Å²) in [5, 5.41) is 0. The minimum absolute atomic E-state index is 0.650. The Kier molecular flexibility index (Phi) is 9.38. The predicted octanol–water partition coefficient (Wildman–Crippen LogP) is 4.97. The lowest BCUT2D eigenvalue weighted by atomic mass is 10.2. The Bertz CT molecular complexity index is 202. The minimum atomic E-state index is -1.36. The van der Waals surface area contributed by atoms with Gasteiger partial charge < -0.3 is 4.43 Å². The van der Waals surface area contributed by atoms with Gasteiger partial charge in [0, 0.05) is 12.5 Å². The number of halogens is 1. The number of hydrogen-bond acceptors (Lipinski definition) is 1. The van der Waals surface area contributed by atoms with Gasteiger partial charge >= 0.3 is 0 Å².